The Morgan fingerprint density at radius 2 is 1.96 bits per heavy atom. The van der Waals surface area contributed by atoms with Crippen LogP contribution in [-0.4, -0.2) is 26.3 Å². The minimum absolute atomic E-state index is 0.319. The molecule has 3 aromatic rings. The summed E-state index contributed by atoms with van der Waals surface area (Å²) in [5.74, 6) is 0.845. The van der Waals surface area contributed by atoms with Gasteiger partial charge in [-0.05, 0) is 32.0 Å². The second-order valence-corrected chi connectivity index (χ2v) is 5.11. The third kappa shape index (κ3) is 3.17. The Balaban J connectivity index is 1.63. The van der Waals surface area contributed by atoms with E-state index < -0.39 is 11.8 Å². The van der Waals surface area contributed by atoms with E-state index in [1.807, 2.05) is 0 Å². The summed E-state index contributed by atoms with van der Waals surface area (Å²) in [6, 6.07) is 4.90. The average molecular weight is 325 g/mol. The zero-order valence-electron chi connectivity index (χ0n) is 13.1. The number of nitrogens with zero attached hydrogens (tertiary/aromatic N) is 3. The first-order valence-electron chi connectivity index (χ1n) is 7.16. The summed E-state index contributed by atoms with van der Waals surface area (Å²) in [6.07, 6.45) is 6.41. The maximum atomic E-state index is 12.1. The first kappa shape index (κ1) is 15.5. The van der Waals surface area contributed by atoms with Crippen molar-refractivity contribution in [1.82, 2.24) is 25.4 Å². The van der Waals surface area contributed by atoms with Crippen LogP contribution in [0.25, 0.3) is 5.82 Å². The maximum absolute atomic E-state index is 12.1. The van der Waals surface area contributed by atoms with Crippen molar-refractivity contribution in [1.29, 1.82) is 0 Å². The standard InChI is InChI=1S/C16H15N5O3/c1-10-7-13(11(2)24-10)16(23)20-19-15(22)12-3-4-14(18-8-12)21-6-5-17-9-21/h3-9H,1-2H3,(H,19,22)(H,20,23). The summed E-state index contributed by atoms with van der Waals surface area (Å²) in [5, 5.41) is 0. The van der Waals surface area contributed by atoms with E-state index >= 15 is 0 Å². The zero-order valence-corrected chi connectivity index (χ0v) is 13.1. The molecule has 2 N–H and O–H groups in total. The molecule has 3 aromatic heterocycles. The van der Waals surface area contributed by atoms with Gasteiger partial charge in [-0.25, -0.2) is 9.97 Å². The molecule has 3 heterocycles. The van der Waals surface area contributed by atoms with Crippen molar-refractivity contribution in [2.45, 2.75) is 13.8 Å². The Labute approximate surface area is 137 Å². The van der Waals surface area contributed by atoms with Crippen molar-refractivity contribution in [3.8, 4) is 5.82 Å². The number of rotatable bonds is 3. The topological polar surface area (TPSA) is 102 Å². The van der Waals surface area contributed by atoms with Gasteiger partial charge in [-0.3, -0.25) is 25.0 Å². The Hall–Kier alpha value is -3.42. The van der Waals surface area contributed by atoms with Gasteiger partial charge in [0.05, 0.1) is 11.1 Å². The molecule has 0 aliphatic rings. The van der Waals surface area contributed by atoms with Gasteiger partial charge < -0.3 is 4.42 Å². The third-order valence-electron chi connectivity index (χ3n) is 3.35. The zero-order chi connectivity index (χ0) is 17.1. The maximum Gasteiger partial charge on any atom is 0.273 e. The number of furan rings is 1. The molecule has 0 aromatic carbocycles. The van der Waals surface area contributed by atoms with E-state index in [2.05, 4.69) is 20.8 Å². The highest BCUT2D eigenvalue weighted by atomic mass is 16.3. The Kier molecular flexibility index (Phi) is 4.11. The summed E-state index contributed by atoms with van der Waals surface area (Å²) in [5.41, 5.74) is 5.40. The molecule has 0 aliphatic carbocycles. The second-order valence-electron chi connectivity index (χ2n) is 5.11. The van der Waals surface area contributed by atoms with E-state index in [-0.39, 0.29) is 0 Å². The molecule has 0 aliphatic heterocycles. The minimum Gasteiger partial charge on any atom is -0.466 e. The molecular formula is C16H15N5O3. The van der Waals surface area contributed by atoms with Crippen LogP contribution in [0.1, 0.15) is 32.2 Å². The van der Waals surface area contributed by atoms with Gasteiger partial charge in [0.15, 0.2) is 0 Å². The number of hydrazine groups is 1. The van der Waals surface area contributed by atoms with Crippen molar-refractivity contribution in [3.63, 3.8) is 0 Å². The number of aryl methyl sites for hydroxylation is 2. The van der Waals surface area contributed by atoms with E-state index in [0.29, 0.717) is 28.5 Å². The minimum atomic E-state index is -0.467. The van der Waals surface area contributed by atoms with Gasteiger partial charge in [0, 0.05) is 18.6 Å². The Morgan fingerprint density at radius 3 is 2.54 bits per heavy atom. The highest BCUT2D eigenvalue weighted by Gasteiger charge is 2.14. The van der Waals surface area contributed by atoms with E-state index in [9.17, 15) is 9.59 Å². The number of carbonyl (C=O) groups is 2. The molecule has 0 radical (unpaired) electrons. The van der Waals surface area contributed by atoms with E-state index in [4.69, 9.17) is 4.42 Å². The lowest BCUT2D eigenvalue weighted by atomic mass is 10.2. The lowest BCUT2D eigenvalue weighted by Crippen LogP contribution is -2.41. The number of hydrogen-bond acceptors (Lipinski definition) is 5. The van der Waals surface area contributed by atoms with Crippen LogP contribution in [0.2, 0.25) is 0 Å². The quantitative estimate of drug-likeness (QED) is 0.711. The van der Waals surface area contributed by atoms with Gasteiger partial charge in [0.25, 0.3) is 11.8 Å². The fourth-order valence-electron chi connectivity index (χ4n) is 2.18. The van der Waals surface area contributed by atoms with E-state index in [1.165, 1.54) is 6.20 Å². The molecule has 8 nitrogen and oxygen atoms in total. The highest BCUT2D eigenvalue weighted by Crippen LogP contribution is 2.13. The van der Waals surface area contributed by atoms with E-state index in [0.717, 1.165) is 0 Å². The summed E-state index contributed by atoms with van der Waals surface area (Å²) < 4.78 is 7.00. The van der Waals surface area contributed by atoms with Crippen molar-refractivity contribution >= 4 is 11.8 Å². The molecule has 0 saturated carbocycles. The van der Waals surface area contributed by atoms with Crippen molar-refractivity contribution < 1.29 is 14.0 Å². The molecule has 0 atom stereocenters. The van der Waals surface area contributed by atoms with Gasteiger partial charge in [-0.15, -0.1) is 0 Å². The molecule has 3 rings (SSSR count). The normalized spacial score (nSPS) is 10.4. The number of imidazole rings is 1. The summed E-state index contributed by atoms with van der Waals surface area (Å²) in [7, 11) is 0. The SMILES string of the molecule is Cc1cc(C(=O)NNC(=O)c2ccc(-n3ccnc3)nc2)c(C)o1. The number of nitrogens with one attached hydrogen (secondary N) is 2. The first-order chi connectivity index (χ1) is 11.5. The summed E-state index contributed by atoms with van der Waals surface area (Å²) >= 11 is 0. The van der Waals surface area contributed by atoms with Crippen molar-refractivity contribution in [2.24, 2.45) is 0 Å². The first-order valence-corrected chi connectivity index (χ1v) is 7.16. The van der Waals surface area contributed by atoms with Crippen LogP contribution in [0.4, 0.5) is 0 Å². The van der Waals surface area contributed by atoms with Gasteiger partial charge in [0.2, 0.25) is 0 Å². The third-order valence-corrected chi connectivity index (χ3v) is 3.35. The summed E-state index contributed by atoms with van der Waals surface area (Å²) in [6.45, 7) is 3.43. The number of pyridine rings is 1. The molecule has 0 unspecified atom stereocenters. The fraction of sp³-hybridized carbons (Fsp3) is 0.125. The van der Waals surface area contributed by atoms with Crippen LogP contribution in [0, 0.1) is 13.8 Å². The molecule has 24 heavy (non-hydrogen) atoms. The largest absolute Gasteiger partial charge is 0.466 e. The van der Waals surface area contributed by atoms with Crippen molar-refractivity contribution in [2.75, 3.05) is 0 Å². The van der Waals surface area contributed by atoms with Gasteiger partial charge in [-0.1, -0.05) is 0 Å². The fourth-order valence-corrected chi connectivity index (χ4v) is 2.18. The lowest BCUT2D eigenvalue weighted by molar-refractivity contribution is 0.0845. The lowest BCUT2D eigenvalue weighted by Gasteiger charge is -2.07. The molecule has 8 heteroatoms. The van der Waals surface area contributed by atoms with Gasteiger partial charge in [0.1, 0.15) is 23.7 Å². The summed E-state index contributed by atoms with van der Waals surface area (Å²) in [4.78, 5) is 32.2. The molecular weight excluding hydrogens is 310 g/mol. The Morgan fingerprint density at radius 1 is 1.17 bits per heavy atom. The average Bonchev–Trinajstić information content (AvgIpc) is 3.22. The molecule has 0 spiro atoms. The number of hydrogen-bond donors (Lipinski definition) is 2. The van der Waals surface area contributed by atoms with Crippen LogP contribution in [0.5, 0.6) is 0 Å². The highest BCUT2D eigenvalue weighted by molar-refractivity contribution is 5.99. The molecule has 0 bridgehead atoms. The van der Waals surface area contributed by atoms with Crippen LogP contribution < -0.4 is 10.9 Å². The second kappa shape index (κ2) is 6.37. The number of carbonyl (C=O) groups excluding carboxylic acids is 2. The van der Waals surface area contributed by atoms with Crippen LogP contribution in [-0.2, 0) is 0 Å². The van der Waals surface area contributed by atoms with Crippen LogP contribution in [0.3, 0.4) is 0 Å². The van der Waals surface area contributed by atoms with Crippen LogP contribution in [0.15, 0.2) is 47.5 Å². The number of aromatic nitrogens is 3. The molecule has 2 amide bonds. The number of amides is 2. The van der Waals surface area contributed by atoms with Gasteiger partial charge in [-0.2, -0.15) is 0 Å². The smallest absolute Gasteiger partial charge is 0.273 e. The van der Waals surface area contributed by atoms with E-state index in [1.54, 1.807) is 55.3 Å². The monoisotopic (exact) mass is 325 g/mol. The van der Waals surface area contributed by atoms with Crippen molar-refractivity contribution in [3.05, 3.63) is 65.8 Å². The molecule has 0 fully saturated rings. The molecule has 122 valence electrons. The Bertz CT molecular complexity index is 866. The van der Waals surface area contributed by atoms with Gasteiger partial charge >= 0.3 is 0 Å². The van der Waals surface area contributed by atoms with Crippen LogP contribution >= 0.6 is 0 Å². The predicted molar refractivity (Wildman–Crippen MR) is 84.5 cm³/mol. The predicted octanol–water partition coefficient (Wildman–Crippen LogP) is 1.55. The molecule has 0 saturated heterocycles.